The predicted octanol–water partition coefficient (Wildman–Crippen LogP) is 1.63. The Labute approximate surface area is 156 Å². The van der Waals surface area contributed by atoms with Gasteiger partial charge in [-0.25, -0.2) is 4.79 Å². The summed E-state index contributed by atoms with van der Waals surface area (Å²) in [7, 11) is 1.76. The van der Waals surface area contributed by atoms with Crippen molar-refractivity contribution in [3.63, 3.8) is 0 Å². The van der Waals surface area contributed by atoms with Crippen LogP contribution in [-0.2, 0) is 9.53 Å². The van der Waals surface area contributed by atoms with E-state index < -0.39 is 5.97 Å². The lowest BCUT2D eigenvalue weighted by Crippen LogP contribution is -2.52. The van der Waals surface area contributed by atoms with Crippen molar-refractivity contribution in [1.29, 1.82) is 0 Å². The van der Waals surface area contributed by atoms with Gasteiger partial charge in [-0.05, 0) is 31.2 Å². The minimum atomic E-state index is -0.852. The number of carboxylic acid groups (broad SMARTS) is 1. The molecule has 0 aromatic heterocycles. The van der Waals surface area contributed by atoms with Crippen LogP contribution in [0.15, 0.2) is 0 Å². The molecule has 2 N–H and O–H groups in total. The van der Waals surface area contributed by atoms with Crippen molar-refractivity contribution in [2.75, 3.05) is 46.4 Å². The minimum absolute atomic E-state index is 0.00604. The van der Waals surface area contributed by atoms with E-state index in [0.29, 0.717) is 32.2 Å². The summed E-state index contributed by atoms with van der Waals surface area (Å²) < 4.78 is 5.69. The lowest BCUT2D eigenvalue weighted by atomic mass is 9.85. The van der Waals surface area contributed by atoms with Crippen LogP contribution < -0.4 is 5.32 Å². The summed E-state index contributed by atoms with van der Waals surface area (Å²) in [4.78, 5) is 26.8. The highest BCUT2D eigenvalue weighted by Crippen LogP contribution is 2.48. The van der Waals surface area contributed by atoms with Gasteiger partial charge in [0.15, 0.2) is 0 Å². The molecule has 7 nitrogen and oxygen atoms in total. The standard InChI is InChI=1S/C19H33N3O4/c1-21(13-18(23)24)11-16-12-22(7-8-26-16)19(25)20-10-15-9-17(15)14-5-3-2-4-6-14/h14-17H,2-13H2,1H3,(H,20,25)(H,23,24)/t15-,16?,17-/m0/s1. The van der Waals surface area contributed by atoms with Crippen LogP contribution in [0.4, 0.5) is 4.79 Å². The zero-order valence-electron chi connectivity index (χ0n) is 15.9. The van der Waals surface area contributed by atoms with Crippen LogP contribution in [0, 0.1) is 17.8 Å². The second-order valence-corrected chi connectivity index (χ2v) is 8.27. The number of hydrogen-bond acceptors (Lipinski definition) is 4. The van der Waals surface area contributed by atoms with Crippen LogP contribution in [0.5, 0.6) is 0 Å². The molecule has 3 atom stereocenters. The lowest BCUT2D eigenvalue weighted by molar-refractivity contribution is -0.138. The van der Waals surface area contributed by atoms with Gasteiger partial charge in [-0.1, -0.05) is 32.1 Å². The van der Waals surface area contributed by atoms with Crippen LogP contribution >= 0.6 is 0 Å². The number of hydrogen-bond donors (Lipinski definition) is 2. The molecule has 26 heavy (non-hydrogen) atoms. The Hall–Kier alpha value is -1.34. The SMILES string of the molecule is CN(CC(=O)O)CC1CN(C(=O)NC[C@@H]2C[C@H]2C2CCCCC2)CCO1. The van der Waals surface area contributed by atoms with Crippen molar-refractivity contribution in [3.05, 3.63) is 0 Å². The highest BCUT2D eigenvalue weighted by Gasteiger charge is 2.42. The Balaban J connectivity index is 1.36. The Morgan fingerprint density at radius 3 is 2.77 bits per heavy atom. The maximum absolute atomic E-state index is 12.5. The van der Waals surface area contributed by atoms with Gasteiger partial charge in [0, 0.05) is 26.2 Å². The molecule has 2 saturated carbocycles. The van der Waals surface area contributed by atoms with Crippen molar-refractivity contribution in [2.45, 2.75) is 44.6 Å². The topological polar surface area (TPSA) is 82.1 Å². The van der Waals surface area contributed by atoms with E-state index in [0.717, 1.165) is 18.4 Å². The van der Waals surface area contributed by atoms with Gasteiger partial charge in [0.05, 0.1) is 19.3 Å². The Bertz CT molecular complexity index is 495. The molecular formula is C19H33N3O4. The third-order valence-electron chi connectivity index (χ3n) is 6.09. The van der Waals surface area contributed by atoms with Gasteiger partial charge in [-0.3, -0.25) is 9.69 Å². The van der Waals surface area contributed by atoms with E-state index in [2.05, 4.69) is 5.32 Å². The van der Waals surface area contributed by atoms with Crippen molar-refractivity contribution >= 4 is 12.0 Å². The third kappa shape index (κ3) is 5.58. The fourth-order valence-electron chi connectivity index (χ4n) is 4.63. The number of ether oxygens (including phenoxy) is 1. The quantitative estimate of drug-likeness (QED) is 0.715. The summed E-state index contributed by atoms with van der Waals surface area (Å²) in [6, 6.07) is -0.00604. The summed E-state index contributed by atoms with van der Waals surface area (Å²) in [5, 5.41) is 12.0. The van der Waals surface area contributed by atoms with E-state index in [1.54, 1.807) is 16.8 Å². The first-order valence-electron chi connectivity index (χ1n) is 10.1. The number of nitrogens with zero attached hydrogens (tertiary/aromatic N) is 2. The first-order chi connectivity index (χ1) is 12.5. The maximum Gasteiger partial charge on any atom is 0.317 e. The zero-order valence-corrected chi connectivity index (χ0v) is 15.9. The number of likely N-dealkylation sites (N-methyl/N-ethyl adjacent to an activating group) is 1. The molecule has 0 aromatic rings. The largest absolute Gasteiger partial charge is 0.480 e. The van der Waals surface area contributed by atoms with E-state index in [4.69, 9.17) is 9.84 Å². The number of morpholine rings is 1. The second kappa shape index (κ2) is 9.04. The normalized spacial score (nSPS) is 29.6. The molecular weight excluding hydrogens is 334 g/mol. The van der Waals surface area contributed by atoms with E-state index >= 15 is 0 Å². The molecule has 0 spiro atoms. The smallest absolute Gasteiger partial charge is 0.317 e. The highest BCUT2D eigenvalue weighted by molar-refractivity contribution is 5.74. The van der Waals surface area contributed by atoms with Crippen LogP contribution in [0.2, 0.25) is 0 Å². The van der Waals surface area contributed by atoms with Crippen LogP contribution in [0.1, 0.15) is 38.5 Å². The van der Waals surface area contributed by atoms with E-state index in [1.807, 2.05) is 0 Å². The summed E-state index contributed by atoms with van der Waals surface area (Å²) in [6.07, 6.45) is 8.06. The number of rotatable bonds is 7. The molecule has 0 bridgehead atoms. The van der Waals surface area contributed by atoms with Gasteiger partial charge in [0.2, 0.25) is 0 Å². The van der Waals surface area contributed by atoms with Crippen LogP contribution in [0.3, 0.4) is 0 Å². The van der Waals surface area contributed by atoms with Gasteiger partial charge in [-0.15, -0.1) is 0 Å². The maximum atomic E-state index is 12.5. The summed E-state index contributed by atoms with van der Waals surface area (Å²) in [5.41, 5.74) is 0. The van der Waals surface area contributed by atoms with Crippen molar-refractivity contribution < 1.29 is 19.4 Å². The molecule has 1 heterocycles. The molecule has 148 valence electrons. The summed E-state index contributed by atoms with van der Waals surface area (Å²) in [5.74, 6) is 1.54. The fraction of sp³-hybridized carbons (Fsp3) is 0.895. The van der Waals surface area contributed by atoms with Crippen molar-refractivity contribution in [3.8, 4) is 0 Å². The summed E-state index contributed by atoms with van der Waals surface area (Å²) in [6.45, 7) is 2.92. The Morgan fingerprint density at radius 2 is 2.04 bits per heavy atom. The molecule has 3 fully saturated rings. The van der Waals surface area contributed by atoms with E-state index in [1.165, 1.54) is 38.5 Å². The fourth-order valence-corrected chi connectivity index (χ4v) is 4.63. The number of amides is 2. The Morgan fingerprint density at radius 1 is 1.27 bits per heavy atom. The zero-order chi connectivity index (χ0) is 18.5. The van der Waals surface area contributed by atoms with Crippen LogP contribution in [-0.4, -0.2) is 79.4 Å². The molecule has 3 aliphatic rings. The van der Waals surface area contributed by atoms with Gasteiger partial charge in [0.25, 0.3) is 0 Å². The highest BCUT2D eigenvalue weighted by atomic mass is 16.5. The van der Waals surface area contributed by atoms with E-state index in [-0.39, 0.29) is 18.7 Å². The Kier molecular flexibility index (Phi) is 6.75. The number of aliphatic carboxylic acids is 1. The van der Waals surface area contributed by atoms with Crippen molar-refractivity contribution in [1.82, 2.24) is 15.1 Å². The molecule has 2 amide bonds. The van der Waals surface area contributed by atoms with Gasteiger partial charge in [0.1, 0.15) is 0 Å². The first-order valence-corrected chi connectivity index (χ1v) is 10.1. The number of nitrogens with one attached hydrogen (secondary N) is 1. The van der Waals surface area contributed by atoms with Gasteiger partial charge < -0.3 is 20.1 Å². The average Bonchev–Trinajstić information content (AvgIpc) is 3.39. The molecule has 3 rings (SSSR count). The monoisotopic (exact) mass is 367 g/mol. The molecule has 0 aromatic carbocycles. The van der Waals surface area contributed by atoms with Gasteiger partial charge in [-0.2, -0.15) is 0 Å². The molecule has 1 aliphatic heterocycles. The van der Waals surface area contributed by atoms with Gasteiger partial charge >= 0.3 is 12.0 Å². The molecule has 1 unspecified atom stereocenters. The lowest BCUT2D eigenvalue weighted by Gasteiger charge is -2.34. The first kappa shape index (κ1) is 19.4. The summed E-state index contributed by atoms with van der Waals surface area (Å²) >= 11 is 0. The average molecular weight is 367 g/mol. The number of carbonyl (C=O) groups excluding carboxylic acids is 1. The number of urea groups is 1. The predicted molar refractivity (Wildman–Crippen MR) is 98.0 cm³/mol. The molecule has 0 radical (unpaired) electrons. The second-order valence-electron chi connectivity index (χ2n) is 8.27. The third-order valence-corrected chi connectivity index (χ3v) is 6.09. The van der Waals surface area contributed by atoms with E-state index in [9.17, 15) is 9.59 Å². The molecule has 1 saturated heterocycles. The molecule has 7 heteroatoms. The molecule has 2 aliphatic carbocycles. The number of carbonyl (C=O) groups is 2. The number of carboxylic acids is 1. The van der Waals surface area contributed by atoms with Crippen molar-refractivity contribution in [2.24, 2.45) is 17.8 Å². The van der Waals surface area contributed by atoms with Crippen LogP contribution in [0.25, 0.3) is 0 Å². The minimum Gasteiger partial charge on any atom is -0.480 e.